The molecule has 0 aliphatic heterocycles. The minimum atomic E-state index is -0.652. The standard InChI is InChI=1S/C12H17ClO3/c1-16-7-6-12(8-14,9-15)10-2-4-11(13)5-3-10/h2-5,14-15H,6-9H2,1H3. The molecule has 2 N–H and O–H groups in total. The van der Waals surface area contributed by atoms with Crippen molar-refractivity contribution in [3.05, 3.63) is 34.9 Å². The Morgan fingerprint density at radius 3 is 2.19 bits per heavy atom. The van der Waals surface area contributed by atoms with Gasteiger partial charge in [-0.05, 0) is 24.1 Å². The van der Waals surface area contributed by atoms with Crippen molar-refractivity contribution in [1.29, 1.82) is 0 Å². The molecule has 0 aliphatic carbocycles. The van der Waals surface area contributed by atoms with Gasteiger partial charge in [0.1, 0.15) is 0 Å². The van der Waals surface area contributed by atoms with Crippen LogP contribution in [-0.4, -0.2) is 37.1 Å². The van der Waals surface area contributed by atoms with Gasteiger partial charge < -0.3 is 14.9 Å². The lowest BCUT2D eigenvalue weighted by molar-refractivity contribution is 0.0794. The van der Waals surface area contributed by atoms with Gasteiger partial charge in [0.15, 0.2) is 0 Å². The molecule has 0 radical (unpaired) electrons. The Balaban J connectivity index is 2.95. The maximum atomic E-state index is 9.48. The van der Waals surface area contributed by atoms with Crippen molar-refractivity contribution in [2.75, 3.05) is 26.9 Å². The number of ether oxygens (including phenoxy) is 1. The smallest absolute Gasteiger partial charge is 0.0550 e. The van der Waals surface area contributed by atoms with Crippen LogP contribution in [0.25, 0.3) is 0 Å². The molecule has 0 saturated carbocycles. The zero-order valence-electron chi connectivity index (χ0n) is 9.32. The molecule has 0 unspecified atom stereocenters. The second-order valence-corrected chi connectivity index (χ2v) is 4.28. The molecule has 0 atom stereocenters. The fourth-order valence-electron chi connectivity index (χ4n) is 1.64. The molecule has 1 rings (SSSR count). The predicted octanol–water partition coefficient (Wildman–Crippen LogP) is 1.60. The van der Waals surface area contributed by atoms with Crippen LogP contribution >= 0.6 is 11.6 Å². The van der Waals surface area contributed by atoms with Crippen LogP contribution in [0.5, 0.6) is 0 Å². The fourth-order valence-corrected chi connectivity index (χ4v) is 1.76. The number of aliphatic hydroxyl groups is 2. The van der Waals surface area contributed by atoms with Gasteiger partial charge in [0.05, 0.1) is 13.2 Å². The van der Waals surface area contributed by atoms with Crippen molar-refractivity contribution in [2.24, 2.45) is 0 Å². The molecule has 0 heterocycles. The number of rotatable bonds is 6. The van der Waals surface area contributed by atoms with E-state index in [0.29, 0.717) is 18.1 Å². The summed E-state index contributed by atoms with van der Waals surface area (Å²) in [5, 5.41) is 19.6. The summed E-state index contributed by atoms with van der Waals surface area (Å²) in [6.45, 7) is 0.257. The molecule has 0 saturated heterocycles. The second-order valence-electron chi connectivity index (χ2n) is 3.85. The van der Waals surface area contributed by atoms with Gasteiger partial charge in [0.2, 0.25) is 0 Å². The molecule has 0 bridgehead atoms. The minimum absolute atomic E-state index is 0.117. The largest absolute Gasteiger partial charge is 0.395 e. The van der Waals surface area contributed by atoms with Crippen LogP contribution < -0.4 is 0 Å². The lowest BCUT2D eigenvalue weighted by Crippen LogP contribution is -2.36. The summed E-state index contributed by atoms with van der Waals surface area (Å²) in [6, 6.07) is 7.16. The third kappa shape index (κ3) is 2.95. The van der Waals surface area contributed by atoms with Crippen LogP contribution in [0.1, 0.15) is 12.0 Å². The van der Waals surface area contributed by atoms with Gasteiger partial charge in [-0.25, -0.2) is 0 Å². The summed E-state index contributed by atoms with van der Waals surface area (Å²) in [5.41, 5.74) is 0.222. The first kappa shape index (κ1) is 13.5. The average Bonchev–Trinajstić information content (AvgIpc) is 2.33. The SMILES string of the molecule is COCCC(CO)(CO)c1ccc(Cl)cc1. The summed E-state index contributed by atoms with van der Waals surface area (Å²) in [5.74, 6) is 0. The van der Waals surface area contributed by atoms with Crippen LogP contribution in [0, 0.1) is 0 Å². The highest BCUT2D eigenvalue weighted by molar-refractivity contribution is 6.30. The normalized spacial score (nSPS) is 11.8. The van der Waals surface area contributed by atoms with E-state index in [1.807, 2.05) is 12.1 Å². The van der Waals surface area contributed by atoms with Gasteiger partial charge in [-0.15, -0.1) is 0 Å². The molecule has 0 spiro atoms. The third-order valence-electron chi connectivity index (χ3n) is 2.85. The minimum Gasteiger partial charge on any atom is -0.395 e. The Bertz CT molecular complexity index is 307. The van der Waals surface area contributed by atoms with Crippen LogP contribution in [0.3, 0.4) is 0 Å². The van der Waals surface area contributed by atoms with Crippen molar-refractivity contribution in [3.8, 4) is 0 Å². The predicted molar refractivity (Wildman–Crippen MR) is 63.8 cm³/mol. The first-order valence-corrected chi connectivity index (χ1v) is 5.53. The summed E-state index contributed by atoms with van der Waals surface area (Å²) < 4.78 is 5.00. The van der Waals surface area contributed by atoms with Crippen molar-refractivity contribution >= 4 is 11.6 Å². The van der Waals surface area contributed by atoms with Crippen molar-refractivity contribution < 1.29 is 14.9 Å². The van der Waals surface area contributed by atoms with Crippen LogP contribution in [0.2, 0.25) is 5.02 Å². The number of hydrogen-bond donors (Lipinski definition) is 2. The Labute approximate surface area is 101 Å². The molecule has 0 fully saturated rings. The summed E-state index contributed by atoms with van der Waals surface area (Å²) in [6.07, 6.45) is 0.568. The van der Waals surface area contributed by atoms with E-state index in [-0.39, 0.29) is 13.2 Å². The summed E-state index contributed by atoms with van der Waals surface area (Å²) >= 11 is 5.80. The Hall–Kier alpha value is -0.610. The monoisotopic (exact) mass is 244 g/mol. The number of benzene rings is 1. The molecule has 0 amide bonds. The van der Waals surface area contributed by atoms with E-state index in [1.165, 1.54) is 0 Å². The van der Waals surface area contributed by atoms with Crippen molar-refractivity contribution in [1.82, 2.24) is 0 Å². The molecule has 16 heavy (non-hydrogen) atoms. The highest BCUT2D eigenvalue weighted by Gasteiger charge is 2.30. The Kier molecular flexibility index (Phi) is 5.22. The Morgan fingerprint density at radius 1 is 1.19 bits per heavy atom. The molecule has 4 heteroatoms. The molecular formula is C12H17ClO3. The molecule has 90 valence electrons. The number of methoxy groups -OCH3 is 1. The number of hydrogen-bond acceptors (Lipinski definition) is 3. The van der Waals surface area contributed by atoms with E-state index < -0.39 is 5.41 Å². The third-order valence-corrected chi connectivity index (χ3v) is 3.10. The first-order chi connectivity index (χ1) is 7.68. The average molecular weight is 245 g/mol. The molecule has 1 aromatic carbocycles. The molecule has 0 aromatic heterocycles. The summed E-state index contributed by atoms with van der Waals surface area (Å²) in [7, 11) is 1.60. The quantitative estimate of drug-likeness (QED) is 0.799. The highest BCUT2D eigenvalue weighted by atomic mass is 35.5. The van der Waals surface area contributed by atoms with Gasteiger partial charge in [0.25, 0.3) is 0 Å². The fraction of sp³-hybridized carbons (Fsp3) is 0.500. The highest BCUT2D eigenvalue weighted by Crippen LogP contribution is 2.28. The van der Waals surface area contributed by atoms with Crippen LogP contribution in [-0.2, 0) is 10.2 Å². The number of halogens is 1. The molecule has 1 aromatic rings. The van der Waals surface area contributed by atoms with Crippen LogP contribution in [0.4, 0.5) is 0 Å². The van der Waals surface area contributed by atoms with Gasteiger partial charge in [-0.2, -0.15) is 0 Å². The van der Waals surface area contributed by atoms with Gasteiger partial charge in [0, 0.05) is 24.2 Å². The van der Waals surface area contributed by atoms with Gasteiger partial charge in [-0.3, -0.25) is 0 Å². The number of aliphatic hydroxyl groups excluding tert-OH is 2. The van der Waals surface area contributed by atoms with E-state index in [1.54, 1.807) is 19.2 Å². The lowest BCUT2D eigenvalue weighted by Gasteiger charge is -2.30. The van der Waals surface area contributed by atoms with Gasteiger partial charge >= 0.3 is 0 Å². The molecular weight excluding hydrogens is 228 g/mol. The zero-order valence-corrected chi connectivity index (χ0v) is 10.1. The summed E-state index contributed by atoms with van der Waals surface area (Å²) in [4.78, 5) is 0. The van der Waals surface area contributed by atoms with Gasteiger partial charge in [-0.1, -0.05) is 23.7 Å². The lowest BCUT2D eigenvalue weighted by atomic mass is 9.79. The van der Waals surface area contributed by atoms with E-state index >= 15 is 0 Å². The molecule has 3 nitrogen and oxygen atoms in total. The van der Waals surface area contributed by atoms with E-state index in [4.69, 9.17) is 16.3 Å². The second kappa shape index (κ2) is 6.21. The topological polar surface area (TPSA) is 49.7 Å². The first-order valence-electron chi connectivity index (χ1n) is 5.15. The van der Waals surface area contributed by atoms with E-state index in [9.17, 15) is 10.2 Å². The van der Waals surface area contributed by atoms with E-state index in [0.717, 1.165) is 5.56 Å². The Morgan fingerprint density at radius 2 is 1.75 bits per heavy atom. The zero-order chi connectivity index (χ0) is 12.0. The van der Waals surface area contributed by atoms with Crippen LogP contribution in [0.15, 0.2) is 24.3 Å². The van der Waals surface area contributed by atoms with Crippen molar-refractivity contribution in [3.63, 3.8) is 0 Å². The maximum Gasteiger partial charge on any atom is 0.0550 e. The molecule has 0 aliphatic rings. The van der Waals surface area contributed by atoms with Crippen molar-refractivity contribution in [2.45, 2.75) is 11.8 Å². The van der Waals surface area contributed by atoms with E-state index in [2.05, 4.69) is 0 Å². The maximum absolute atomic E-state index is 9.48.